The van der Waals surface area contributed by atoms with Gasteiger partial charge < -0.3 is 15.5 Å². The summed E-state index contributed by atoms with van der Waals surface area (Å²) in [6.45, 7) is 9.64. The molecular formula is C14H22ClN3. The molecule has 1 heterocycles. The van der Waals surface area contributed by atoms with Crippen LogP contribution in [0.3, 0.4) is 0 Å². The lowest BCUT2D eigenvalue weighted by Crippen LogP contribution is -2.46. The van der Waals surface area contributed by atoms with E-state index in [0.717, 1.165) is 49.0 Å². The van der Waals surface area contributed by atoms with Crippen molar-refractivity contribution in [2.75, 3.05) is 37.6 Å². The summed E-state index contributed by atoms with van der Waals surface area (Å²) >= 11 is 6.37. The van der Waals surface area contributed by atoms with Crippen molar-refractivity contribution in [3.05, 3.63) is 28.8 Å². The van der Waals surface area contributed by atoms with Gasteiger partial charge in [0.05, 0.1) is 10.7 Å². The minimum atomic E-state index is 0.0356. The van der Waals surface area contributed by atoms with Gasteiger partial charge in [0.1, 0.15) is 0 Å². The molecule has 0 unspecified atom stereocenters. The van der Waals surface area contributed by atoms with Crippen molar-refractivity contribution in [3.63, 3.8) is 0 Å². The van der Waals surface area contributed by atoms with Crippen molar-refractivity contribution in [3.8, 4) is 0 Å². The number of nitrogens with zero attached hydrogens (tertiary/aromatic N) is 2. The Labute approximate surface area is 115 Å². The third kappa shape index (κ3) is 2.97. The number of nitrogens with two attached hydrogens (primary N) is 1. The van der Waals surface area contributed by atoms with Gasteiger partial charge in [0, 0.05) is 32.2 Å². The number of rotatable bonds is 3. The summed E-state index contributed by atoms with van der Waals surface area (Å²) in [5.41, 5.74) is 8.10. The second-order valence-electron chi connectivity index (χ2n) is 4.92. The lowest BCUT2D eigenvalue weighted by molar-refractivity contribution is 0.271. The zero-order valence-corrected chi connectivity index (χ0v) is 12.0. The van der Waals surface area contributed by atoms with E-state index < -0.39 is 0 Å². The van der Waals surface area contributed by atoms with Crippen molar-refractivity contribution in [2.45, 2.75) is 19.9 Å². The van der Waals surface area contributed by atoms with E-state index in [2.05, 4.69) is 28.9 Å². The van der Waals surface area contributed by atoms with E-state index in [1.165, 1.54) is 0 Å². The Morgan fingerprint density at radius 1 is 1.28 bits per heavy atom. The van der Waals surface area contributed by atoms with Crippen LogP contribution in [0.4, 0.5) is 5.69 Å². The minimum absolute atomic E-state index is 0.0356. The number of hydrogen-bond donors (Lipinski definition) is 1. The first-order valence-corrected chi connectivity index (χ1v) is 7.02. The standard InChI is InChI=1S/C14H22ClN3/c1-3-17-6-8-18(9-7-17)14-5-4-12(11(2)16)10-13(14)15/h4-5,10-11H,3,6-9,16H2,1-2H3/t11-/m1/s1. The topological polar surface area (TPSA) is 32.5 Å². The van der Waals surface area contributed by atoms with Crippen LogP contribution in [-0.2, 0) is 0 Å². The molecule has 1 aliphatic rings. The van der Waals surface area contributed by atoms with E-state index in [9.17, 15) is 0 Å². The molecule has 1 atom stereocenters. The highest BCUT2D eigenvalue weighted by molar-refractivity contribution is 6.33. The maximum atomic E-state index is 6.37. The van der Waals surface area contributed by atoms with Crippen LogP contribution in [0, 0.1) is 0 Å². The Bertz CT molecular complexity index is 398. The normalized spacial score (nSPS) is 19.0. The molecule has 0 aliphatic carbocycles. The zero-order valence-electron chi connectivity index (χ0n) is 11.2. The molecule has 0 radical (unpaired) electrons. The molecule has 1 fully saturated rings. The second-order valence-corrected chi connectivity index (χ2v) is 5.33. The predicted octanol–water partition coefficient (Wildman–Crippen LogP) is 2.50. The monoisotopic (exact) mass is 267 g/mol. The summed E-state index contributed by atoms with van der Waals surface area (Å²) in [7, 11) is 0. The quantitative estimate of drug-likeness (QED) is 0.913. The lowest BCUT2D eigenvalue weighted by Gasteiger charge is -2.36. The summed E-state index contributed by atoms with van der Waals surface area (Å²) in [6, 6.07) is 6.21. The van der Waals surface area contributed by atoms with Crippen LogP contribution in [0.2, 0.25) is 5.02 Å². The van der Waals surface area contributed by atoms with Gasteiger partial charge in [0.25, 0.3) is 0 Å². The Morgan fingerprint density at radius 3 is 2.44 bits per heavy atom. The summed E-state index contributed by atoms with van der Waals surface area (Å²) in [4.78, 5) is 4.82. The average Bonchev–Trinajstić information content (AvgIpc) is 2.38. The van der Waals surface area contributed by atoms with Gasteiger partial charge in [-0.3, -0.25) is 0 Å². The van der Waals surface area contributed by atoms with Gasteiger partial charge in [0.15, 0.2) is 0 Å². The fourth-order valence-corrected chi connectivity index (χ4v) is 2.68. The van der Waals surface area contributed by atoms with Crippen molar-refractivity contribution >= 4 is 17.3 Å². The third-order valence-corrected chi connectivity index (χ3v) is 3.96. The SMILES string of the molecule is CCN1CCN(c2ccc([C@@H](C)N)cc2Cl)CC1. The number of piperazine rings is 1. The van der Waals surface area contributed by atoms with Gasteiger partial charge in [-0.1, -0.05) is 24.6 Å². The van der Waals surface area contributed by atoms with Gasteiger partial charge in [0.2, 0.25) is 0 Å². The molecule has 100 valence electrons. The molecule has 0 aromatic heterocycles. The molecule has 0 saturated carbocycles. The van der Waals surface area contributed by atoms with Crippen LogP contribution < -0.4 is 10.6 Å². The van der Waals surface area contributed by atoms with Gasteiger partial charge in [-0.15, -0.1) is 0 Å². The van der Waals surface area contributed by atoms with Gasteiger partial charge in [-0.2, -0.15) is 0 Å². The highest BCUT2D eigenvalue weighted by Gasteiger charge is 2.18. The Balaban J connectivity index is 2.10. The molecule has 1 aliphatic heterocycles. The first kappa shape index (κ1) is 13.7. The molecular weight excluding hydrogens is 246 g/mol. The van der Waals surface area contributed by atoms with Crippen LogP contribution in [0.25, 0.3) is 0 Å². The van der Waals surface area contributed by atoms with Gasteiger partial charge >= 0.3 is 0 Å². The fourth-order valence-electron chi connectivity index (χ4n) is 2.37. The lowest BCUT2D eigenvalue weighted by atomic mass is 10.1. The largest absolute Gasteiger partial charge is 0.368 e. The van der Waals surface area contributed by atoms with E-state index in [0.29, 0.717) is 0 Å². The summed E-state index contributed by atoms with van der Waals surface area (Å²) in [5, 5.41) is 0.815. The Morgan fingerprint density at radius 2 is 1.94 bits per heavy atom. The van der Waals surface area contributed by atoms with E-state index >= 15 is 0 Å². The molecule has 1 aromatic carbocycles. The van der Waals surface area contributed by atoms with Crippen LogP contribution >= 0.6 is 11.6 Å². The molecule has 0 spiro atoms. The maximum Gasteiger partial charge on any atom is 0.0642 e. The zero-order chi connectivity index (χ0) is 13.1. The van der Waals surface area contributed by atoms with E-state index in [1.807, 2.05) is 13.0 Å². The third-order valence-electron chi connectivity index (χ3n) is 3.66. The maximum absolute atomic E-state index is 6.37. The molecule has 2 N–H and O–H groups in total. The molecule has 4 heteroatoms. The van der Waals surface area contributed by atoms with Crippen LogP contribution in [0.5, 0.6) is 0 Å². The van der Waals surface area contributed by atoms with Crippen LogP contribution in [-0.4, -0.2) is 37.6 Å². The Kier molecular flexibility index (Phi) is 4.49. The molecule has 2 rings (SSSR count). The molecule has 3 nitrogen and oxygen atoms in total. The Hall–Kier alpha value is -0.770. The number of likely N-dealkylation sites (N-methyl/N-ethyl adjacent to an activating group) is 1. The highest BCUT2D eigenvalue weighted by Crippen LogP contribution is 2.29. The molecule has 1 aromatic rings. The van der Waals surface area contributed by atoms with Crippen molar-refractivity contribution in [1.29, 1.82) is 0 Å². The summed E-state index contributed by atoms with van der Waals surface area (Å²) in [6.07, 6.45) is 0. The van der Waals surface area contributed by atoms with Crippen LogP contribution in [0.15, 0.2) is 18.2 Å². The molecule has 0 amide bonds. The van der Waals surface area contributed by atoms with E-state index in [-0.39, 0.29) is 6.04 Å². The number of halogens is 1. The van der Waals surface area contributed by atoms with E-state index in [1.54, 1.807) is 0 Å². The molecule has 0 bridgehead atoms. The van der Waals surface area contributed by atoms with Crippen molar-refractivity contribution in [2.24, 2.45) is 5.73 Å². The fraction of sp³-hybridized carbons (Fsp3) is 0.571. The van der Waals surface area contributed by atoms with Gasteiger partial charge in [-0.25, -0.2) is 0 Å². The number of benzene rings is 1. The summed E-state index contributed by atoms with van der Waals surface area (Å²) < 4.78 is 0. The average molecular weight is 268 g/mol. The first-order chi connectivity index (χ1) is 8.61. The van der Waals surface area contributed by atoms with Crippen molar-refractivity contribution in [1.82, 2.24) is 4.90 Å². The number of hydrogen-bond acceptors (Lipinski definition) is 3. The molecule has 1 saturated heterocycles. The summed E-state index contributed by atoms with van der Waals surface area (Å²) in [5.74, 6) is 0. The molecule has 18 heavy (non-hydrogen) atoms. The van der Waals surface area contributed by atoms with Crippen LogP contribution in [0.1, 0.15) is 25.5 Å². The minimum Gasteiger partial charge on any atom is -0.368 e. The second kappa shape index (κ2) is 5.91. The van der Waals surface area contributed by atoms with Gasteiger partial charge in [-0.05, 0) is 31.2 Å². The van der Waals surface area contributed by atoms with Crippen molar-refractivity contribution < 1.29 is 0 Å². The first-order valence-electron chi connectivity index (χ1n) is 6.64. The number of anilines is 1. The predicted molar refractivity (Wildman–Crippen MR) is 78.4 cm³/mol. The highest BCUT2D eigenvalue weighted by atomic mass is 35.5. The van der Waals surface area contributed by atoms with E-state index in [4.69, 9.17) is 17.3 Å². The smallest absolute Gasteiger partial charge is 0.0642 e.